The molecule has 0 fully saturated rings. The zero-order chi connectivity index (χ0) is 11.3. The lowest BCUT2D eigenvalue weighted by Gasteiger charge is -2.10. The molecular weight excluding hydrogens is 192 g/mol. The number of hydrogen-bond donors (Lipinski definition) is 1. The summed E-state index contributed by atoms with van der Waals surface area (Å²) in [5.41, 5.74) is 1.11. The maximum Gasteiger partial charge on any atom is 0.339 e. The standard InChI is InChI=1S/C12H14O3/c1-3-4-6-9-7-5-8-10(12(13)14)11(9)15-2/h3,5,7-8H,1,4,6H2,2H3,(H,13,14). The lowest BCUT2D eigenvalue weighted by Crippen LogP contribution is -2.03. The van der Waals surface area contributed by atoms with Crippen molar-refractivity contribution in [2.75, 3.05) is 7.11 Å². The topological polar surface area (TPSA) is 46.5 Å². The number of allylic oxidation sites excluding steroid dienone is 1. The summed E-state index contributed by atoms with van der Waals surface area (Å²) in [5, 5.41) is 8.95. The molecule has 1 aromatic carbocycles. The largest absolute Gasteiger partial charge is 0.496 e. The van der Waals surface area contributed by atoms with E-state index in [4.69, 9.17) is 9.84 Å². The summed E-state index contributed by atoms with van der Waals surface area (Å²) in [5.74, 6) is -0.515. The molecule has 0 aliphatic rings. The number of ether oxygens (including phenoxy) is 1. The van der Waals surface area contributed by atoms with Gasteiger partial charge in [0.05, 0.1) is 7.11 Å². The molecule has 0 radical (unpaired) electrons. The summed E-state index contributed by atoms with van der Waals surface area (Å²) in [4.78, 5) is 10.9. The minimum Gasteiger partial charge on any atom is -0.496 e. The van der Waals surface area contributed by atoms with Crippen molar-refractivity contribution in [2.45, 2.75) is 12.8 Å². The number of para-hydroxylation sites is 1. The monoisotopic (exact) mass is 206 g/mol. The first-order valence-electron chi connectivity index (χ1n) is 4.70. The van der Waals surface area contributed by atoms with E-state index >= 15 is 0 Å². The van der Waals surface area contributed by atoms with E-state index in [-0.39, 0.29) is 5.56 Å². The Kier molecular flexibility index (Phi) is 3.92. The fourth-order valence-electron chi connectivity index (χ4n) is 1.45. The number of aryl methyl sites for hydroxylation is 1. The number of methoxy groups -OCH3 is 1. The molecule has 0 bridgehead atoms. The van der Waals surface area contributed by atoms with Crippen molar-refractivity contribution in [1.82, 2.24) is 0 Å². The van der Waals surface area contributed by atoms with Gasteiger partial charge in [0, 0.05) is 0 Å². The lowest BCUT2D eigenvalue weighted by molar-refractivity contribution is 0.0693. The van der Waals surface area contributed by atoms with Crippen molar-refractivity contribution in [3.05, 3.63) is 42.0 Å². The van der Waals surface area contributed by atoms with Crippen LogP contribution in [0, 0.1) is 0 Å². The van der Waals surface area contributed by atoms with Crippen molar-refractivity contribution >= 4 is 5.97 Å². The van der Waals surface area contributed by atoms with Crippen LogP contribution < -0.4 is 4.74 Å². The number of benzene rings is 1. The van der Waals surface area contributed by atoms with Gasteiger partial charge in [-0.25, -0.2) is 4.79 Å². The average Bonchev–Trinajstić information content (AvgIpc) is 2.25. The predicted molar refractivity (Wildman–Crippen MR) is 58.5 cm³/mol. The quantitative estimate of drug-likeness (QED) is 0.753. The maximum absolute atomic E-state index is 10.9. The van der Waals surface area contributed by atoms with Crippen molar-refractivity contribution in [3.8, 4) is 5.75 Å². The molecule has 0 aromatic heterocycles. The van der Waals surface area contributed by atoms with Gasteiger partial charge in [-0.3, -0.25) is 0 Å². The molecule has 80 valence electrons. The first-order valence-corrected chi connectivity index (χ1v) is 4.70. The molecule has 1 N–H and O–H groups in total. The Morgan fingerprint density at radius 3 is 2.87 bits per heavy atom. The fourth-order valence-corrected chi connectivity index (χ4v) is 1.45. The van der Waals surface area contributed by atoms with Gasteiger partial charge < -0.3 is 9.84 Å². The Labute approximate surface area is 89.0 Å². The van der Waals surface area contributed by atoms with Gasteiger partial charge >= 0.3 is 5.97 Å². The highest BCUT2D eigenvalue weighted by Crippen LogP contribution is 2.24. The van der Waals surface area contributed by atoms with Crippen LogP contribution in [0.5, 0.6) is 5.75 Å². The van der Waals surface area contributed by atoms with Gasteiger partial charge in [0.25, 0.3) is 0 Å². The predicted octanol–water partition coefficient (Wildman–Crippen LogP) is 2.51. The van der Waals surface area contributed by atoms with Gasteiger partial charge in [-0.05, 0) is 24.5 Å². The van der Waals surface area contributed by atoms with Gasteiger partial charge in [0.15, 0.2) is 0 Å². The van der Waals surface area contributed by atoms with Gasteiger partial charge in [-0.15, -0.1) is 6.58 Å². The first kappa shape index (κ1) is 11.3. The number of carbonyl (C=O) groups is 1. The molecule has 0 unspecified atom stereocenters. The van der Waals surface area contributed by atoms with Gasteiger partial charge in [0.2, 0.25) is 0 Å². The molecular formula is C12H14O3. The normalized spacial score (nSPS) is 9.67. The van der Waals surface area contributed by atoms with Crippen LogP contribution in [-0.2, 0) is 6.42 Å². The average molecular weight is 206 g/mol. The highest BCUT2D eigenvalue weighted by atomic mass is 16.5. The minimum atomic E-state index is -0.965. The Morgan fingerprint density at radius 2 is 2.33 bits per heavy atom. The van der Waals surface area contributed by atoms with Gasteiger partial charge in [-0.2, -0.15) is 0 Å². The van der Waals surface area contributed by atoms with Gasteiger partial charge in [0.1, 0.15) is 11.3 Å². The number of carboxylic acids is 1. The molecule has 0 saturated heterocycles. The summed E-state index contributed by atoms with van der Waals surface area (Å²) >= 11 is 0. The Balaban J connectivity index is 3.09. The highest BCUT2D eigenvalue weighted by molar-refractivity contribution is 5.91. The van der Waals surface area contributed by atoms with E-state index in [1.165, 1.54) is 7.11 Å². The third-order valence-electron chi connectivity index (χ3n) is 2.15. The van der Waals surface area contributed by atoms with E-state index in [1.54, 1.807) is 18.2 Å². The molecule has 0 atom stereocenters. The summed E-state index contributed by atoms with van der Waals surface area (Å²) in [6, 6.07) is 5.14. The van der Waals surface area contributed by atoms with E-state index in [2.05, 4.69) is 6.58 Å². The van der Waals surface area contributed by atoms with Crippen LogP contribution in [0.1, 0.15) is 22.3 Å². The second-order valence-electron chi connectivity index (χ2n) is 3.13. The first-order chi connectivity index (χ1) is 7.20. The molecule has 0 heterocycles. The van der Waals surface area contributed by atoms with E-state index in [9.17, 15) is 4.79 Å². The van der Waals surface area contributed by atoms with Crippen LogP contribution in [0.25, 0.3) is 0 Å². The van der Waals surface area contributed by atoms with Crippen molar-refractivity contribution in [1.29, 1.82) is 0 Å². The molecule has 0 saturated carbocycles. The molecule has 0 aliphatic carbocycles. The SMILES string of the molecule is C=CCCc1cccc(C(=O)O)c1OC. The van der Waals surface area contributed by atoms with E-state index < -0.39 is 5.97 Å². The molecule has 15 heavy (non-hydrogen) atoms. The van der Waals surface area contributed by atoms with Crippen LogP contribution in [0.2, 0.25) is 0 Å². The van der Waals surface area contributed by atoms with E-state index in [0.29, 0.717) is 5.75 Å². The van der Waals surface area contributed by atoms with E-state index in [1.807, 2.05) is 6.07 Å². The maximum atomic E-state index is 10.9. The Hall–Kier alpha value is -1.77. The second kappa shape index (κ2) is 5.20. The summed E-state index contributed by atoms with van der Waals surface area (Å²) in [7, 11) is 1.49. The highest BCUT2D eigenvalue weighted by Gasteiger charge is 2.13. The molecule has 0 spiro atoms. The number of rotatable bonds is 5. The number of carboxylic acid groups (broad SMARTS) is 1. The third kappa shape index (κ3) is 2.59. The Morgan fingerprint density at radius 1 is 1.60 bits per heavy atom. The summed E-state index contributed by atoms with van der Waals surface area (Å²) in [6.45, 7) is 3.63. The number of aromatic carboxylic acids is 1. The van der Waals surface area contributed by atoms with Crippen LogP contribution in [-0.4, -0.2) is 18.2 Å². The molecule has 1 rings (SSSR count). The molecule has 3 nitrogen and oxygen atoms in total. The smallest absolute Gasteiger partial charge is 0.339 e. The zero-order valence-electron chi connectivity index (χ0n) is 8.69. The summed E-state index contributed by atoms with van der Waals surface area (Å²) < 4.78 is 5.12. The van der Waals surface area contributed by atoms with Crippen molar-refractivity contribution in [2.24, 2.45) is 0 Å². The van der Waals surface area contributed by atoms with Crippen LogP contribution in [0.15, 0.2) is 30.9 Å². The van der Waals surface area contributed by atoms with Gasteiger partial charge in [-0.1, -0.05) is 18.2 Å². The van der Waals surface area contributed by atoms with Crippen LogP contribution in [0.4, 0.5) is 0 Å². The summed E-state index contributed by atoms with van der Waals surface area (Å²) in [6.07, 6.45) is 3.35. The minimum absolute atomic E-state index is 0.207. The van der Waals surface area contributed by atoms with Crippen molar-refractivity contribution in [3.63, 3.8) is 0 Å². The second-order valence-corrected chi connectivity index (χ2v) is 3.13. The molecule has 1 aromatic rings. The lowest BCUT2D eigenvalue weighted by atomic mass is 10.0. The zero-order valence-corrected chi connectivity index (χ0v) is 8.69. The fraction of sp³-hybridized carbons (Fsp3) is 0.250. The molecule has 3 heteroatoms. The van der Waals surface area contributed by atoms with Crippen molar-refractivity contribution < 1.29 is 14.6 Å². The number of hydrogen-bond acceptors (Lipinski definition) is 2. The van der Waals surface area contributed by atoms with E-state index in [0.717, 1.165) is 18.4 Å². The van der Waals surface area contributed by atoms with Crippen LogP contribution in [0.3, 0.4) is 0 Å². The molecule has 0 amide bonds. The molecule has 0 aliphatic heterocycles. The third-order valence-corrected chi connectivity index (χ3v) is 2.15. The van der Waals surface area contributed by atoms with Crippen LogP contribution >= 0.6 is 0 Å². The Bertz CT molecular complexity index is 369.